The Morgan fingerprint density at radius 1 is 1.30 bits per heavy atom. The molecular formula is C23H33N5O2. The van der Waals surface area contributed by atoms with E-state index in [0.29, 0.717) is 18.1 Å². The number of rotatable bonds is 9. The van der Waals surface area contributed by atoms with Gasteiger partial charge in [-0.25, -0.2) is 9.97 Å². The predicted molar refractivity (Wildman–Crippen MR) is 121 cm³/mol. The second kappa shape index (κ2) is 10.8. The van der Waals surface area contributed by atoms with Crippen molar-refractivity contribution < 1.29 is 9.53 Å². The number of nitrogens with zero attached hydrogens (tertiary/aromatic N) is 3. The van der Waals surface area contributed by atoms with Gasteiger partial charge >= 0.3 is 0 Å². The van der Waals surface area contributed by atoms with E-state index in [1.54, 1.807) is 13.4 Å². The Labute approximate surface area is 179 Å². The summed E-state index contributed by atoms with van der Waals surface area (Å²) >= 11 is 0. The molecule has 1 amide bonds. The third-order valence-corrected chi connectivity index (χ3v) is 5.46. The summed E-state index contributed by atoms with van der Waals surface area (Å²) in [5.41, 5.74) is 1.83. The zero-order valence-corrected chi connectivity index (χ0v) is 18.3. The average Bonchev–Trinajstić information content (AvgIpc) is 2.77. The van der Waals surface area contributed by atoms with Gasteiger partial charge < -0.3 is 20.3 Å². The minimum atomic E-state index is 0.0316. The lowest BCUT2D eigenvalue weighted by atomic mass is 9.93. The second-order valence-corrected chi connectivity index (χ2v) is 7.93. The van der Waals surface area contributed by atoms with Crippen molar-refractivity contribution in [2.24, 2.45) is 5.92 Å². The maximum Gasteiger partial charge on any atom is 0.224 e. The van der Waals surface area contributed by atoms with Crippen molar-refractivity contribution >= 4 is 23.2 Å². The summed E-state index contributed by atoms with van der Waals surface area (Å²) in [6.45, 7) is 6.95. The fourth-order valence-electron chi connectivity index (χ4n) is 3.85. The number of ether oxygens (including phenoxy) is 1. The third-order valence-electron chi connectivity index (χ3n) is 5.46. The van der Waals surface area contributed by atoms with Crippen LogP contribution in [-0.2, 0) is 4.79 Å². The van der Waals surface area contributed by atoms with Gasteiger partial charge in [0.25, 0.3) is 0 Å². The van der Waals surface area contributed by atoms with E-state index >= 15 is 0 Å². The lowest BCUT2D eigenvalue weighted by molar-refractivity contribution is -0.116. The Kier molecular flexibility index (Phi) is 7.88. The van der Waals surface area contributed by atoms with Crippen LogP contribution in [0.15, 0.2) is 30.6 Å². The molecule has 0 spiro atoms. The molecule has 2 N–H and O–H groups in total. The molecule has 1 fully saturated rings. The van der Waals surface area contributed by atoms with Gasteiger partial charge in [0, 0.05) is 32.1 Å². The molecule has 7 heteroatoms. The summed E-state index contributed by atoms with van der Waals surface area (Å²) in [4.78, 5) is 23.6. The molecule has 0 bridgehead atoms. The minimum absolute atomic E-state index is 0.0316. The molecule has 0 saturated carbocycles. The number of methoxy groups -OCH3 is 1. The van der Waals surface area contributed by atoms with E-state index in [1.807, 2.05) is 31.2 Å². The number of benzene rings is 1. The lowest BCUT2D eigenvalue weighted by Gasteiger charge is -2.33. The van der Waals surface area contributed by atoms with E-state index in [2.05, 4.69) is 32.4 Å². The van der Waals surface area contributed by atoms with Crippen LogP contribution in [0.3, 0.4) is 0 Å². The fourth-order valence-corrected chi connectivity index (χ4v) is 3.85. The third kappa shape index (κ3) is 6.08. The van der Waals surface area contributed by atoms with Gasteiger partial charge in [-0.05, 0) is 56.2 Å². The smallest absolute Gasteiger partial charge is 0.224 e. The maximum absolute atomic E-state index is 12.5. The Hall–Kier alpha value is -2.83. The number of anilines is 3. The topological polar surface area (TPSA) is 79.4 Å². The highest BCUT2D eigenvalue weighted by Crippen LogP contribution is 2.27. The summed E-state index contributed by atoms with van der Waals surface area (Å²) in [7, 11) is 1.62. The Morgan fingerprint density at radius 2 is 2.17 bits per heavy atom. The zero-order chi connectivity index (χ0) is 21.3. The summed E-state index contributed by atoms with van der Waals surface area (Å²) in [5.74, 6) is 3.03. The first-order valence-corrected chi connectivity index (χ1v) is 10.8. The molecule has 162 valence electrons. The molecule has 1 aromatic heterocycles. The van der Waals surface area contributed by atoms with Crippen LogP contribution in [-0.4, -0.2) is 42.6 Å². The van der Waals surface area contributed by atoms with Gasteiger partial charge in [0.05, 0.1) is 12.8 Å². The van der Waals surface area contributed by atoms with Crippen molar-refractivity contribution in [3.63, 3.8) is 0 Å². The van der Waals surface area contributed by atoms with Crippen LogP contribution in [0.5, 0.6) is 5.75 Å². The standard InChI is InChI=1S/C23H33N5O2/c1-4-11-24-21-14-22(26-16-25-21)28-12-5-6-18(15-28)8-10-23(29)27-19-13-17(2)7-9-20(19)30-3/h7,9,13-14,16,18H,4-6,8,10-12,15H2,1-3H3,(H,27,29)(H,24,25,26)/t18-/m0/s1. The van der Waals surface area contributed by atoms with Crippen molar-refractivity contribution in [1.29, 1.82) is 0 Å². The fraction of sp³-hybridized carbons (Fsp3) is 0.522. The highest BCUT2D eigenvalue weighted by atomic mass is 16.5. The maximum atomic E-state index is 12.5. The molecule has 2 aromatic rings. The van der Waals surface area contributed by atoms with Crippen molar-refractivity contribution in [1.82, 2.24) is 9.97 Å². The molecule has 1 aliphatic rings. The van der Waals surface area contributed by atoms with Crippen LogP contribution in [0.25, 0.3) is 0 Å². The molecule has 1 atom stereocenters. The summed E-state index contributed by atoms with van der Waals surface area (Å²) in [6.07, 6.45) is 6.30. The largest absolute Gasteiger partial charge is 0.495 e. The second-order valence-electron chi connectivity index (χ2n) is 7.93. The predicted octanol–water partition coefficient (Wildman–Crippen LogP) is 4.25. The molecule has 3 rings (SSSR count). The van der Waals surface area contributed by atoms with Crippen molar-refractivity contribution in [2.75, 3.05) is 42.3 Å². The minimum Gasteiger partial charge on any atom is -0.495 e. The van der Waals surface area contributed by atoms with Gasteiger partial charge in [-0.15, -0.1) is 0 Å². The van der Waals surface area contributed by atoms with Gasteiger partial charge in [0.1, 0.15) is 23.7 Å². The molecule has 0 unspecified atom stereocenters. The molecule has 1 aromatic carbocycles. The summed E-state index contributed by atoms with van der Waals surface area (Å²) in [5, 5.41) is 6.33. The Morgan fingerprint density at radius 3 is 2.97 bits per heavy atom. The first kappa shape index (κ1) is 21.9. The van der Waals surface area contributed by atoms with Crippen LogP contribution in [0, 0.1) is 12.8 Å². The summed E-state index contributed by atoms with van der Waals surface area (Å²) < 4.78 is 5.35. The van der Waals surface area contributed by atoms with Crippen LogP contribution in [0.1, 0.15) is 44.6 Å². The first-order chi connectivity index (χ1) is 14.6. The monoisotopic (exact) mass is 411 g/mol. The van der Waals surface area contributed by atoms with Crippen molar-refractivity contribution in [3.8, 4) is 5.75 Å². The van der Waals surface area contributed by atoms with Crippen LogP contribution >= 0.6 is 0 Å². The van der Waals surface area contributed by atoms with Gasteiger partial charge in [-0.3, -0.25) is 4.79 Å². The number of aromatic nitrogens is 2. The van der Waals surface area contributed by atoms with Gasteiger partial charge in [0.2, 0.25) is 5.91 Å². The lowest BCUT2D eigenvalue weighted by Crippen LogP contribution is -2.36. The number of amides is 1. The number of nitrogens with one attached hydrogen (secondary N) is 2. The molecule has 30 heavy (non-hydrogen) atoms. The van der Waals surface area contributed by atoms with Crippen LogP contribution < -0.4 is 20.3 Å². The Balaban J connectivity index is 1.53. The van der Waals surface area contributed by atoms with E-state index in [-0.39, 0.29) is 5.91 Å². The number of hydrogen-bond donors (Lipinski definition) is 2. The zero-order valence-electron chi connectivity index (χ0n) is 18.3. The van der Waals surface area contributed by atoms with E-state index in [1.165, 1.54) is 0 Å². The van der Waals surface area contributed by atoms with Gasteiger partial charge in [0.15, 0.2) is 0 Å². The van der Waals surface area contributed by atoms with Gasteiger partial charge in [-0.1, -0.05) is 13.0 Å². The number of hydrogen-bond acceptors (Lipinski definition) is 6. The molecule has 1 saturated heterocycles. The first-order valence-electron chi connectivity index (χ1n) is 10.8. The number of aryl methyl sites for hydroxylation is 1. The van der Waals surface area contributed by atoms with Crippen molar-refractivity contribution in [3.05, 3.63) is 36.2 Å². The number of carbonyl (C=O) groups is 1. The van der Waals surface area contributed by atoms with E-state index < -0.39 is 0 Å². The van der Waals surface area contributed by atoms with Crippen LogP contribution in [0.4, 0.5) is 17.3 Å². The molecule has 2 heterocycles. The molecule has 7 nitrogen and oxygen atoms in total. The van der Waals surface area contributed by atoms with E-state index in [0.717, 1.165) is 68.2 Å². The van der Waals surface area contributed by atoms with E-state index in [9.17, 15) is 4.79 Å². The number of piperidine rings is 1. The highest BCUT2D eigenvalue weighted by Gasteiger charge is 2.22. The quantitative estimate of drug-likeness (QED) is 0.642. The molecule has 1 aliphatic heterocycles. The van der Waals surface area contributed by atoms with E-state index in [4.69, 9.17) is 4.74 Å². The Bertz CT molecular complexity index is 842. The molecule has 0 radical (unpaired) electrons. The average molecular weight is 412 g/mol. The summed E-state index contributed by atoms with van der Waals surface area (Å²) in [6, 6.07) is 7.82. The highest BCUT2D eigenvalue weighted by molar-refractivity contribution is 5.92. The van der Waals surface area contributed by atoms with Crippen LogP contribution in [0.2, 0.25) is 0 Å². The number of carbonyl (C=O) groups excluding carboxylic acids is 1. The molecular weight excluding hydrogens is 378 g/mol. The normalized spacial score (nSPS) is 16.2. The SMILES string of the molecule is CCCNc1cc(N2CCC[C@@H](CCC(=O)Nc3cc(C)ccc3OC)C2)ncn1. The van der Waals surface area contributed by atoms with Gasteiger partial charge in [-0.2, -0.15) is 0 Å². The molecule has 0 aliphatic carbocycles. The van der Waals surface area contributed by atoms with Crippen molar-refractivity contribution in [2.45, 2.75) is 46.0 Å².